The largest absolute Gasteiger partial charge is 0.372 e. The van der Waals surface area contributed by atoms with Crippen molar-refractivity contribution < 1.29 is 4.92 Å². The minimum Gasteiger partial charge on any atom is -0.372 e. The first-order valence-corrected chi connectivity index (χ1v) is 7.70. The average Bonchev–Trinajstić information content (AvgIpc) is 2.96. The first-order chi connectivity index (χ1) is 10.6. The maximum Gasteiger partial charge on any atom is 0.327 e. The van der Waals surface area contributed by atoms with Gasteiger partial charge in [0.05, 0.1) is 10.6 Å². The van der Waals surface area contributed by atoms with E-state index in [9.17, 15) is 10.1 Å². The van der Waals surface area contributed by atoms with Gasteiger partial charge < -0.3 is 4.90 Å². The molecule has 0 saturated heterocycles. The molecule has 0 bridgehead atoms. The van der Waals surface area contributed by atoms with Gasteiger partial charge in [-0.15, -0.1) is 10.2 Å². The Bertz CT molecular complexity index is 694. The molecule has 116 valence electrons. The van der Waals surface area contributed by atoms with E-state index >= 15 is 0 Å². The van der Waals surface area contributed by atoms with Crippen LogP contribution in [-0.2, 0) is 0 Å². The summed E-state index contributed by atoms with van der Waals surface area (Å²) in [6, 6.07) is 5.90. The van der Waals surface area contributed by atoms with Gasteiger partial charge in [0.1, 0.15) is 6.20 Å². The van der Waals surface area contributed by atoms with Gasteiger partial charge in [-0.05, 0) is 56.1 Å². The van der Waals surface area contributed by atoms with Crippen LogP contribution in [0.15, 0.2) is 34.6 Å². The van der Waals surface area contributed by atoms with Crippen molar-refractivity contribution in [1.29, 1.82) is 0 Å². The maximum atomic E-state index is 10.8. The summed E-state index contributed by atoms with van der Waals surface area (Å²) in [5, 5.41) is 19.1. The van der Waals surface area contributed by atoms with E-state index in [4.69, 9.17) is 0 Å². The highest BCUT2D eigenvalue weighted by molar-refractivity contribution is 7.10. The van der Waals surface area contributed by atoms with E-state index in [2.05, 4.69) is 33.3 Å². The van der Waals surface area contributed by atoms with E-state index in [-0.39, 0.29) is 10.7 Å². The average molecular weight is 319 g/mol. The fourth-order valence-corrected chi connectivity index (χ4v) is 2.61. The second kappa shape index (κ2) is 7.08. The first kappa shape index (κ1) is 16.0. The lowest BCUT2D eigenvalue weighted by atomic mass is 10.1. The normalized spacial score (nSPS) is 11.0. The fraction of sp³-hybridized carbons (Fsp3) is 0.357. The molecule has 0 aliphatic heterocycles. The molecular weight excluding hydrogens is 302 g/mol. The van der Waals surface area contributed by atoms with Crippen LogP contribution in [0.3, 0.4) is 0 Å². The third kappa shape index (κ3) is 3.45. The number of hydrogen-bond donors (Lipinski definition) is 0. The number of hydrogen-bond acceptors (Lipinski definition) is 7. The number of benzene rings is 1. The van der Waals surface area contributed by atoms with Gasteiger partial charge >= 0.3 is 5.69 Å². The predicted octanol–water partition coefficient (Wildman–Crippen LogP) is 4.62. The summed E-state index contributed by atoms with van der Waals surface area (Å²) in [6.45, 7) is 8.03. The molecule has 0 amide bonds. The van der Waals surface area contributed by atoms with Gasteiger partial charge in [0.25, 0.3) is 0 Å². The molecule has 0 aliphatic carbocycles. The van der Waals surface area contributed by atoms with Crippen LogP contribution in [0.1, 0.15) is 19.4 Å². The zero-order chi connectivity index (χ0) is 16.1. The minimum atomic E-state index is -0.506. The van der Waals surface area contributed by atoms with E-state index in [0.717, 1.165) is 35.9 Å². The Balaban J connectivity index is 2.25. The second-order valence-corrected chi connectivity index (χ2v) is 5.40. The Morgan fingerprint density at radius 2 is 2.05 bits per heavy atom. The molecule has 0 saturated carbocycles. The number of nitrogens with zero attached hydrogens (tertiary/aromatic N) is 5. The van der Waals surface area contributed by atoms with Crippen LogP contribution in [0, 0.1) is 17.0 Å². The van der Waals surface area contributed by atoms with Crippen molar-refractivity contribution in [3.8, 4) is 0 Å². The summed E-state index contributed by atoms with van der Waals surface area (Å²) in [7, 11) is 0. The molecule has 0 spiro atoms. The molecule has 1 heterocycles. The lowest BCUT2D eigenvalue weighted by Crippen LogP contribution is -2.21. The zero-order valence-corrected chi connectivity index (χ0v) is 13.5. The van der Waals surface area contributed by atoms with E-state index in [1.807, 2.05) is 25.1 Å². The van der Waals surface area contributed by atoms with Gasteiger partial charge in [0.15, 0.2) is 0 Å². The van der Waals surface area contributed by atoms with Crippen LogP contribution in [0.2, 0.25) is 0 Å². The molecule has 0 N–H and O–H groups in total. The molecule has 0 unspecified atom stereocenters. The smallest absolute Gasteiger partial charge is 0.327 e. The molecule has 0 fully saturated rings. The molecule has 8 heteroatoms. The summed E-state index contributed by atoms with van der Waals surface area (Å²) in [5.74, 6) is 0. The Labute approximate surface area is 132 Å². The van der Waals surface area contributed by atoms with Gasteiger partial charge in [-0.25, -0.2) is 0 Å². The number of nitro groups is 1. The lowest BCUT2D eigenvalue weighted by molar-refractivity contribution is -0.383. The third-order valence-electron chi connectivity index (χ3n) is 3.29. The molecular formula is C14H17N5O2S. The van der Waals surface area contributed by atoms with Crippen molar-refractivity contribution >= 4 is 33.6 Å². The van der Waals surface area contributed by atoms with Crippen LogP contribution >= 0.6 is 11.5 Å². The SMILES string of the molecule is CCN(CC)c1ccc(N=Nc2sncc2[N+](=O)[O-])c(C)c1. The highest BCUT2D eigenvalue weighted by Gasteiger charge is 2.16. The highest BCUT2D eigenvalue weighted by atomic mass is 32.1. The Hall–Kier alpha value is -2.35. The van der Waals surface area contributed by atoms with Crippen LogP contribution < -0.4 is 4.90 Å². The number of aromatic nitrogens is 1. The standard InChI is InChI=1S/C14H17N5O2S/c1-4-18(5-2)11-6-7-12(10(3)8-11)16-17-14-13(19(20)21)9-15-22-14/h6-9H,4-5H2,1-3H3. The topological polar surface area (TPSA) is 84.0 Å². The highest BCUT2D eigenvalue weighted by Crippen LogP contribution is 2.33. The molecule has 1 aromatic carbocycles. The third-order valence-corrected chi connectivity index (χ3v) is 3.96. The molecule has 2 rings (SSSR count). The minimum absolute atomic E-state index is 0.119. The first-order valence-electron chi connectivity index (χ1n) is 6.93. The lowest BCUT2D eigenvalue weighted by Gasteiger charge is -2.21. The molecule has 0 atom stereocenters. The molecule has 7 nitrogen and oxygen atoms in total. The van der Waals surface area contributed by atoms with E-state index < -0.39 is 4.92 Å². The van der Waals surface area contributed by atoms with E-state index in [0.29, 0.717) is 5.69 Å². The van der Waals surface area contributed by atoms with Crippen LogP contribution in [0.25, 0.3) is 0 Å². The zero-order valence-electron chi connectivity index (χ0n) is 12.7. The van der Waals surface area contributed by atoms with Crippen LogP contribution in [0.5, 0.6) is 0 Å². The molecule has 2 aromatic rings. The van der Waals surface area contributed by atoms with Crippen molar-refractivity contribution in [2.24, 2.45) is 10.2 Å². The summed E-state index contributed by atoms with van der Waals surface area (Å²) in [5.41, 5.74) is 2.68. The molecule has 0 aliphatic rings. The summed E-state index contributed by atoms with van der Waals surface area (Å²) in [6.07, 6.45) is 1.19. The fourth-order valence-electron chi connectivity index (χ4n) is 2.06. The summed E-state index contributed by atoms with van der Waals surface area (Å²) in [4.78, 5) is 12.5. The van der Waals surface area contributed by atoms with Gasteiger partial charge in [-0.1, -0.05) is 0 Å². The van der Waals surface area contributed by atoms with Crippen molar-refractivity contribution in [1.82, 2.24) is 4.37 Å². The maximum absolute atomic E-state index is 10.8. The van der Waals surface area contributed by atoms with Gasteiger partial charge in [0.2, 0.25) is 5.00 Å². The Kier molecular flexibility index (Phi) is 5.16. The monoisotopic (exact) mass is 319 g/mol. The van der Waals surface area contributed by atoms with E-state index in [1.165, 1.54) is 6.20 Å². The Morgan fingerprint density at radius 3 is 2.64 bits per heavy atom. The van der Waals surface area contributed by atoms with Crippen molar-refractivity contribution in [3.63, 3.8) is 0 Å². The second-order valence-electron chi connectivity index (χ2n) is 4.62. The number of anilines is 1. The van der Waals surface area contributed by atoms with Crippen LogP contribution in [0.4, 0.5) is 22.1 Å². The van der Waals surface area contributed by atoms with Gasteiger partial charge in [0, 0.05) is 18.8 Å². The number of aryl methyl sites for hydroxylation is 1. The van der Waals surface area contributed by atoms with Gasteiger partial charge in [-0.2, -0.15) is 4.37 Å². The summed E-state index contributed by atoms with van der Waals surface area (Å²) >= 11 is 0.958. The molecule has 1 aromatic heterocycles. The predicted molar refractivity (Wildman–Crippen MR) is 87.7 cm³/mol. The number of rotatable bonds is 6. The summed E-state index contributed by atoms with van der Waals surface area (Å²) < 4.78 is 3.78. The molecule has 22 heavy (non-hydrogen) atoms. The van der Waals surface area contributed by atoms with Crippen LogP contribution in [-0.4, -0.2) is 22.4 Å². The van der Waals surface area contributed by atoms with E-state index in [1.54, 1.807) is 0 Å². The molecule has 0 radical (unpaired) electrons. The quantitative estimate of drug-likeness (QED) is 0.441. The number of azo groups is 1. The van der Waals surface area contributed by atoms with Crippen molar-refractivity contribution in [3.05, 3.63) is 40.1 Å². The van der Waals surface area contributed by atoms with Gasteiger partial charge in [-0.3, -0.25) is 10.1 Å². The Morgan fingerprint density at radius 1 is 1.32 bits per heavy atom. The van der Waals surface area contributed by atoms with Crippen molar-refractivity contribution in [2.75, 3.05) is 18.0 Å². The van der Waals surface area contributed by atoms with Crippen molar-refractivity contribution in [2.45, 2.75) is 20.8 Å².